The van der Waals surface area contributed by atoms with Crippen LogP contribution in [0.3, 0.4) is 0 Å². The van der Waals surface area contributed by atoms with Gasteiger partial charge in [0.05, 0.1) is 16.9 Å². The Morgan fingerprint density at radius 2 is 2.05 bits per heavy atom. The Hall–Kier alpha value is -1.34. The van der Waals surface area contributed by atoms with E-state index in [1.54, 1.807) is 18.3 Å². The van der Waals surface area contributed by atoms with Crippen molar-refractivity contribution in [2.24, 2.45) is 0 Å². The molecule has 1 aromatic carbocycles. The molecule has 3 nitrogen and oxygen atoms in total. The maximum Gasteiger partial charge on any atom is 0.418 e. The molecule has 1 aromatic heterocycles. The van der Waals surface area contributed by atoms with Crippen molar-refractivity contribution >= 4 is 15.9 Å². The van der Waals surface area contributed by atoms with Crippen LogP contribution in [-0.2, 0) is 12.7 Å². The van der Waals surface area contributed by atoms with Gasteiger partial charge in [-0.05, 0) is 37.2 Å². The molecule has 0 aliphatic carbocycles. The Kier molecular flexibility index (Phi) is 5.05. The second-order valence-corrected chi connectivity index (χ2v) is 5.50. The van der Waals surface area contributed by atoms with Gasteiger partial charge in [0, 0.05) is 17.2 Å². The molecule has 0 atom stereocenters. The maximum absolute atomic E-state index is 13.1. The van der Waals surface area contributed by atoms with Crippen LogP contribution in [0.5, 0.6) is 0 Å². The van der Waals surface area contributed by atoms with E-state index in [1.165, 1.54) is 10.7 Å². The number of nitrogens with zero attached hydrogens (tertiary/aromatic N) is 2. The van der Waals surface area contributed by atoms with Gasteiger partial charge in [0.1, 0.15) is 0 Å². The van der Waals surface area contributed by atoms with Gasteiger partial charge < -0.3 is 5.32 Å². The summed E-state index contributed by atoms with van der Waals surface area (Å²) in [5, 5.41) is 7.36. The zero-order valence-corrected chi connectivity index (χ0v) is 13.0. The van der Waals surface area contributed by atoms with Gasteiger partial charge in [0.15, 0.2) is 0 Å². The van der Waals surface area contributed by atoms with Crippen LogP contribution in [-0.4, -0.2) is 16.3 Å². The maximum atomic E-state index is 13.1. The van der Waals surface area contributed by atoms with E-state index in [2.05, 4.69) is 26.3 Å². The smallest absolute Gasteiger partial charge is 0.311 e. The van der Waals surface area contributed by atoms with E-state index in [-0.39, 0.29) is 5.69 Å². The van der Waals surface area contributed by atoms with Gasteiger partial charge in [-0.15, -0.1) is 0 Å². The van der Waals surface area contributed by atoms with Crippen molar-refractivity contribution in [2.45, 2.75) is 26.1 Å². The molecule has 1 heterocycles. The van der Waals surface area contributed by atoms with Gasteiger partial charge in [-0.2, -0.15) is 18.3 Å². The van der Waals surface area contributed by atoms with Gasteiger partial charge in [-0.3, -0.25) is 0 Å². The lowest BCUT2D eigenvalue weighted by atomic mass is 10.1. The highest BCUT2D eigenvalue weighted by Crippen LogP contribution is 2.35. The third-order valence-corrected chi connectivity index (χ3v) is 3.38. The normalized spacial score (nSPS) is 11.9. The van der Waals surface area contributed by atoms with Crippen LogP contribution in [0.25, 0.3) is 5.69 Å². The molecule has 0 bridgehead atoms. The summed E-state index contributed by atoms with van der Waals surface area (Å²) in [7, 11) is 0. The van der Waals surface area contributed by atoms with E-state index in [0.29, 0.717) is 16.7 Å². The Morgan fingerprint density at radius 1 is 1.29 bits per heavy atom. The topological polar surface area (TPSA) is 29.9 Å². The van der Waals surface area contributed by atoms with Crippen LogP contribution in [0.1, 0.15) is 24.6 Å². The first-order valence-electron chi connectivity index (χ1n) is 6.54. The molecule has 0 spiro atoms. The summed E-state index contributed by atoms with van der Waals surface area (Å²) in [5.41, 5.74) is 0.0139. The van der Waals surface area contributed by atoms with Gasteiger partial charge >= 0.3 is 6.18 Å². The minimum Gasteiger partial charge on any atom is -0.311 e. The fourth-order valence-corrected chi connectivity index (χ4v) is 2.28. The molecule has 0 saturated heterocycles. The van der Waals surface area contributed by atoms with E-state index in [9.17, 15) is 13.2 Å². The number of nitrogens with one attached hydrogen (secondary N) is 1. The number of hydrogen-bond acceptors (Lipinski definition) is 2. The molecule has 7 heteroatoms. The number of aromatic nitrogens is 2. The predicted molar refractivity (Wildman–Crippen MR) is 78.3 cm³/mol. The number of alkyl halides is 3. The summed E-state index contributed by atoms with van der Waals surface area (Å²) in [6.07, 6.45) is -1.89. The molecule has 0 radical (unpaired) electrons. The summed E-state index contributed by atoms with van der Waals surface area (Å²) in [5.74, 6) is 0. The number of halogens is 4. The lowest BCUT2D eigenvalue weighted by Gasteiger charge is -2.13. The van der Waals surface area contributed by atoms with E-state index < -0.39 is 11.7 Å². The van der Waals surface area contributed by atoms with Crippen LogP contribution in [0.4, 0.5) is 13.2 Å². The first-order valence-corrected chi connectivity index (χ1v) is 7.33. The lowest BCUT2D eigenvalue weighted by Crippen LogP contribution is -2.15. The predicted octanol–water partition coefficient (Wildman–Crippen LogP) is 4.15. The number of hydrogen-bond donors (Lipinski definition) is 1. The molecule has 1 N–H and O–H groups in total. The fraction of sp³-hybridized carbons (Fsp3) is 0.357. The summed E-state index contributed by atoms with van der Waals surface area (Å²) in [4.78, 5) is 0. The minimum absolute atomic E-state index is 0.0208. The van der Waals surface area contributed by atoms with E-state index in [1.807, 2.05) is 6.92 Å². The monoisotopic (exact) mass is 361 g/mol. The summed E-state index contributed by atoms with van der Waals surface area (Å²) in [6.45, 7) is 3.43. The van der Waals surface area contributed by atoms with Crippen molar-refractivity contribution in [3.8, 4) is 5.69 Å². The fourth-order valence-electron chi connectivity index (χ4n) is 1.92. The molecule has 0 fully saturated rings. The van der Waals surface area contributed by atoms with Crippen molar-refractivity contribution in [1.82, 2.24) is 15.1 Å². The first-order chi connectivity index (χ1) is 9.91. The van der Waals surface area contributed by atoms with Crippen LogP contribution in [0.15, 0.2) is 34.9 Å². The molecule has 2 aromatic rings. The average Bonchev–Trinajstić information content (AvgIpc) is 2.87. The Bertz CT molecular complexity index is 608. The molecule has 114 valence electrons. The third kappa shape index (κ3) is 4.07. The molecule has 0 saturated carbocycles. The second-order valence-electron chi connectivity index (χ2n) is 4.59. The molecule has 2 rings (SSSR count). The highest BCUT2D eigenvalue weighted by atomic mass is 79.9. The van der Waals surface area contributed by atoms with Crippen molar-refractivity contribution in [3.63, 3.8) is 0 Å². The minimum atomic E-state index is -4.42. The van der Waals surface area contributed by atoms with Gasteiger partial charge in [0.2, 0.25) is 0 Å². The molecule has 0 aliphatic heterocycles. The van der Waals surface area contributed by atoms with Crippen molar-refractivity contribution < 1.29 is 13.2 Å². The van der Waals surface area contributed by atoms with E-state index >= 15 is 0 Å². The van der Waals surface area contributed by atoms with Crippen LogP contribution < -0.4 is 5.32 Å². The van der Waals surface area contributed by atoms with E-state index in [0.717, 1.165) is 19.0 Å². The summed E-state index contributed by atoms with van der Waals surface area (Å²) >= 11 is 3.07. The zero-order chi connectivity index (χ0) is 15.5. The molecular formula is C14H15BrF3N3. The molecular weight excluding hydrogens is 347 g/mol. The first kappa shape index (κ1) is 16.0. The number of rotatable bonds is 5. The van der Waals surface area contributed by atoms with Crippen LogP contribution in [0, 0.1) is 0 Å². The number of benzene rings is 1. The van der Waals surface area contributed by atoms with Crippen molar-refractivity contribution in [3.05, 3.63) is 46.2 Å². The lowest BCUT2D eigenvalue weighted by molar-refractivity contribution is -0.137. The highest BCUT2D eigenvalue weighted by Gasteiger charge is 2.34. The Labute approximate surface area is 129 Å². The van der Waals surface area contributed by atoms with E-state index in [4.69, 9.17) is 0 Å². The highest BCUT2D eigenvalue weighted by molar-refractivity contribution is 9.10. The quantitative estimate of drug-likeness (QED) is 0.810. The van der Waals surface area contributed by atoms with Crippen LogP contribution in [0.2, 0.25) is 0 Å². The van der Waals surface area contributed by atoms with Crippen molar-refractivity contribution in [2.75, 3.05) is 6.54 Å². The molecule has 0 unspecified atom stereocenters. The third-order valence-electron chi connectivity index (χ3n) is 2.89. The average molecular weight is 362 g/mol. The standard InChI is InChI=1S/C14H15BrF3N3/c1-2-6-19-9-11-5-7-21(20-11)13-4-3-10(15)8-12(13)14(16,17)18/h3-5,7-8,19H,2,6,9H2,1H3. The van der Waals surface area contributed by atoms with Gasteiger partial charge in [-0.25, -0.2) is 4.68 Å². The molecule has 0 amide bonds. The van der Waals surface area contributed by atoms with Crippen LogP contribution >= 0.6 is 15.9 Å². The summed E-state index contributed by atoms with van der Waals surface area (Å²) < 4.78 is 40.9. The Morgan fingerprint density at radius 3 is 2.71 bits per heavy atom. The second kappa shape index (κ2) is 6.62. The summed E-state index contributed by atoms with van der Waals surface area (Å²) in [6, 6.07) is 5.75. The molecule has 0 aliphatic rings. The van der Waals surface area contributed by atoms with Crippen molar-refractivity contribution in [1.29, 1.82) is 0 Å². The molecule has 21 heavy (non-hydrogen) atoms. The van der Waals surface area contributed by atoms with Gasteiger partial charge in [0.25, 0.3) is 0 Å². The van der Waals surface area contributed by atoms with Gasteiger partial charge in [-0.1, -0.05) is 22.9 Å². The largest absolute Gasteiger partial charge is 0.418 e. The SMILES string of the molecule is CCCNCc1ccn(-c2ccc(Br)cc2C(F)(F)F)n1. The zero-order valence-electron chi connectivity index (χ0n) is 11.4. The Balaban J connectivity index is 2.30.